The Hall–Kier alpha value is -2.03. The molecule has 0 amide bonds. The molecule has 0 aliphatic heterocycles. The van der Waals surface area contributed by atoms with Crippen LogP contribution >= 0.6 is 11.6 Å². The molecule has 2 atom stereocenters. The highest BCUT2D eigenvalue weighted by atomic mass is 35.5. The van der Waals surface area contributed by atoms with Crippen LogP contribution in [0.5, 0.6) is 0 Å². The third-order valence-corrected chi connectivity index (χ3v) is 3.64. The van der Waals surface area contributed by atoms with Gasteiger partial charge in [0.15, 0.2) is 0 Å². The molecule has 0 saturated carbocycles. The minimum Gasteiger partial charge on any atom is -0.390 e. The van der Waals surface area contributed by atoms with Crippen LogP contribution in [0.15, 0.2) is 30.6 Å². The number of rotatable bonds is 7. The summed E-state index contributed by atoms with van der Waals surface area (Å²) in [5.74, 6) is -0.411. The van der Waals surface area contributed by atoms with E-state index in [2.05, 4.69) is 10.4 Å². The number of nitrogens with one attached hydrogen (secondary N) is 1. The summed E-state index contributed by atoms with van der Waals surface area (Å²) in [6.07, 6.45) is 1.58. The molecule has 1 aromatic carbocycles. The van der Waals surface area contributed by atoms with E-state index in [0.29, 0.717) is 5.02 Å². The molecular weight excluding hydrogens is 327 g/mol. The Kier molecular flexibility index (Phi) is 5.64. The summed E-state index contributed by atoms with van der Waals surface area (Å²) in [6, 6.07) is 3.94. The first-order chi connectivity index (χ1) is 10.9. The van der Waals surface area contributed by atoms with E-state index in [-0.39, 0.29) is 24.8 Å². The number of hydrogen-bond acceptors (Lipinski definition) is 5. The van der Waals surface area contributed by atoms with Gasteiger partial charge < -0.3 is 10.4 Å². The molecule has 0 radical (unpaired) electrons. The van der Waals surface area contributed by atoms with Crippen molar-refractivity contribution in [3.05, 3.63) is 57.1 Å². The van der Waals surface area contributed by atoms with Crippen molar-refractivity contribution in [3.8, 4) is 0 Å². The Labute approximate surface area is 136 Å². The lowest BCUT2D eigenvalue weighted by molar-refractivity contribution is -0.385. The SMILES string of the molecule is CC(NCC(O)Cn1cc([N+](=O)[O-])cn1)c1ccc(F)cc1Cl. The summed E-state index contributed by atoms with van der Waals surface area (Å²) < 4.78 is 14.3. The van der Waals surface area contributed by atoms with Crippen LogP contribution in [-0.4, -0.2) is 32.5 Å². The number of nitrogens with zero attached hydrogens (tertiary/aromatic N) is 3. The van der Waals surface area contributed by atoms with Gasteiger partial charge in [0.2, 0.25) is 0 Å². The highest BCUT2D eigenvalue weighted by Gasteiger charge is 2.14. The molecule has 0 bridgehead atoms. The molecular formula is C14H16ClFN4O3. The molecule has 0 saturated heterocycles. The van der Waals surface area contributed by atoms with Crippen LogP contribution in [0, 0.1) is 15.9 Å². The Bertz CT molecular complexity index is 694. The predicted octanol–water partition coefficient (Wildman–Crippen LogP) is 2.30. The van der Waals surface area contributed by atoms with Gasteiger partial charge in [-0.15, -0.1) is 0 Å². The van der Waals surface area contributed by atoms with Crippen molar-refractivity contribution in [1.29, 1.82) is 0 Å². The molecule has 2 N–H and O–H groups in total. The zero-order chi connectivity index (χ0) is 17.0. The van der Waals surface area contributed by atoms with Gasteiger partial charge in [-0.3, -0.25) is 14.8 Å². The van der Waals surface area contributed by atoms with Crippen molar-refractivity contribution in [1.82, 2.24) is 15.1 Å². The van der Waals surface area contributed by atoms with Gasteiger partial charge in [0, 0.05) is 17.6 Å². The largest absolute Gasteiger partial charge is 0.390 e. The average molecular weight is 343 g/mol. The van der Waals surface area contributed by atoms with Crippen molar-refractivity contribution < 1.29 is 14.4 Å². The molecule has 0 aliphatic carbocycles. The van der Waals surface area contributed by atoms with Crippen LogP contribution in [0.2, 0.25) is 5.02 Å². The van der Waals surface area contributed by atoms with E-state index in [0.717, 1.165) is 11.8 Å². The number of aliphatic hydroxyl groups is 1. The first kappa shape index (κ1) is 17.3. The molecule has 2 unspecified atom stereocenters. The molecule has 1 heterocycles. The van der Waals surface area contributed by atoms with Crippen molar-refractivity contribution in [2.24, 2.45) is 0 Å². The Morgan fingerprint density at radius 1 is 1.57 bits per heavy atom. The number of halogens is 2. The second-order valence-corrected chi connectivity index (χ2v) is 5.53. The fourth-order valence-corrected chi connectivity index (χ4v) is 2.43. The third kappa shape index (κ3) is 4.72. The van der Waals surface area contributed by atoms with Crippen molar-refractivity contribution in [2.75, 3.05) is 6.54 Å². The van der Waals surface area contributed by atoms with Gasteiger partial charge in [-0.25, -0.2) is 4.39 Å². The molecule has 0 aliphatic rings. The first-order valence-corrected chi connectivity index (χ1v) is 7.28. The van der Waals surface area contributed by atoms with Crippen molar-refractivity contribution in [3.63, 3.8) is 0 Å². The normalized spacial score (nSPS) is 13.7. The van der Waals surface area contributed by atoms with Crippen LogP contribution in [0.4, 0.5) is 10.1 Å². The second kappa shape index (κ2) is 7.49. The Morgan fingerprint density at radius 3 is 2.91 bits per heavy atom. The van der Waals surface area contributed by atoms with E-state index in [4.69, 9.17) is 11.6 Å². The highest BCUT2D eigenvalue weighted by molar-refractivity contribution is 6.31. The smallest absolute Gasteiger partial charge is 0.306 e. The minimum absolute atomic E-state index is 0.116. The molecule has 2 aromatic rings. The van der Waals surface area contributed by atoms with Gasteiger partial charge in [-0.05, 0) is 24.6 Å². The van der Waals surface area contributed by atoms with E-state index in [1.165, 1.54) is 23.0 Å². The number of benzene rings is 1. The second-order valence-electron chi connectivity index (χ2n) is 5.13. The average Bonchev–Trinajstić information content (AvgIpc) is 2.93. The molecule has 0 fully saturated rings. The summed E-state index contributed by atoms with van der Waals surface area (Å²) in [4.78, 5) is 10.0. The fourth-order valence-electron chi connectivity index (χ4n) is 2.10. The Balaban J connectivity index is 1.87. The van der Waals surface area contributed by atoms with Crippen molar-refractivity contribution in [2.45, 2.75) is 25.6 Å². The van der Waals surface area contributed by atoms with Crippen LogP contribution < -0.4 is 5.32 Å². The zero-order valence-electron chi connectivity index (χ0n) is 12.3. The van der Waals surface area contributed by atoms with Gasteiger partial charge in [0.05, 0.1) is 17.6 Å². The van der Waals surface area contributed by atoms with Crippen LogP contribution in [-0.2, 0) is 6.54 Å². The molecule has 1 aromatic heterocycles. The summed E-state index contributed by atoms with van der Waals surface area (Å²) in [5.41, 5.74) is 0.589. The number of aromatic nitrogens is 2. The van der Waals surface area contributed by atoms with Gasteiger partial charge in [0.25, 0.3) is 0 Å². The summed E-state index contributed by atoms with van der Waals surface area (Å²) >= 11 is 5.98. The molecule has 9 heteroatoms. The quantitative estimate of drug-likeness (QED) is 0.595. The van der Waals surface area contributed by atoms with Crippen molar-refractivity contribution >= 4 is 17.3 Å². The number of hydrogen-bond donors (Lipinski definition) is 2. The summed E-state index contributed by atoms with van der Waals surface area (Å²) in [7, 11) is 0. The first-order valence-electron chi connectivity index (χ1n) is 6.90. The molecule has 0 spiro atoms. The fraction of sp³-hybridized carbons (Fsp3) is 0.357. The molecule has 7 nitrogen and oxygen atoms in total. The highest BCUT2D eigenvalue weighted by Crippen LogP contribution is 2.23. The maximum absolute atomic E-state index is 13.0. The third-order valence-electron chi connectivity index (χ3n) is 3.32. The van der Waals surface area contributed by atoms with E-state index >= 15 is 0 Å². The van der Waals surface area contributed by atoms with Crippen LogP contribution in [0.1, 0.15) is 18.5 Å². The summed E-state index contributed by atoms with van der Waals surface area (Å²) in [5, 5.41) is 27.7. The van der Waals surface area contributed by atoms with Gasteiger partial charge >= 0.3 is 5.69 Å². The number of nitro groups is 1. The maximum atomic E-state index is 13.0. The maximum Gasteiger partial charge on any atom is 0.306 e. The van der Waals surface area contributed by atoms with Gasteiger partial charge in [-0.2, -0.15) is 5.10 Å². The minimum atomic E-state index is -0.795. The van der Waals surface area contributed by atoms with Crippen LogP contribution in [0.3, 0.4) is 0 Å². The van der Waals surface area contributed by atoms with Crippen LogP contribution in [0.25, 0.3) is 0 Å². The van der Waals surface area contributed by atoms with E-state index in [1.54, 1.807) is 6.07 Å². The Morgan fingerprint density at radius 2 is 2.30 bits per heavy atom. The van der Waals surface area contributed by atoms with E-state index < -0.39 is 16.8 Å². The van der Waals surface area contributed by atoms with Gasteiger partial charge in [-0.1, -0.05) is 17.7 Å². The molecule has 124 valence electrons. The topological polar surface area (TPSA) is 93.2 Å². The zero-order valence-corrected chi connectivity index (χ0v) is 13.1. The van der Waals surface area contributed by atoms with E-state index in [1.807, 2.05) is 6.92 Å². The van der Waals surface area contributed by atoms with E-state index in [9.17, 15) is 19.6 Å². The molecule has 2 rings (SSSR count). The summed E-state index contributed by atoms with van der Waals surface area (Å²) in [6.45, 7) is 2.18. The van der Waals surface area contributed by atoms with Gasteiger partial charge in [0.1, 0.15) is 18.2 Å². The lowest BCUT2D eigenvalue weighted by Gasteiger charge is -2.18. The standard InChI is InChI=1S/C14H16ClFN4O3/c1-9(13-3-2-10(16)4-14(13)15)17-6-12(21)8-19-7-11(5-18-19)20(22)23/h2-5,7,9,12,17,21H,6,8H2,1H3. The monoisotopic (exact) mass is 342 g/mol. The predicted molar refractivity (Wildman–Crippen MR) is 82.7 cm³/mol. The lowest BCUT2D eigenvalue weighted by Crippen LogP contribution is -2.32. The lowest BCUT2D eigenvalue weighted by atomic mass is 10.1. The number of aliphatic hydroxyl groups excluding tert-OH is 1. The molecule has 23 heavy (non-hydrogen) atoms.